The van der Waals surface area contributed by atoms with E-state index >= 15 is 0 Å². The summed E-state index contributed by atoms with van der Waals surface area (Å²) in [6, 6.07) is 15.5. The lowest BCUT2D eigenvalue weighted by atomic mass is 10.0. The molecular formula is C16H16OS. The average molecular weight is 256 g/mol. The summed E-state index contributed by atoms with van der Waals surface area (Å²) >= 11 is 1.78. The molecule has 92 valence electrons. The van der Waals surface area contributed by atoms with Crippen molar-refractivity contribution in [2.45, 2.75) is 18.7 Å². The maximum atomic E-state index is 12.3. The van der Waals surface area contributed by atoms with E-state index in [0.29, 0.717) is 0 Å². The fourth-order valence-corrected chi connectivity index (χ4v) is 2.48. The number of carbonyl (C=O) groups is 1. The van der Waals surface area contributed by atoms with Gasteiger partial charge in [-0.05, 0) is 43.0 Å². The monoisotopic (exact) mass is 256 g/mol. The molecule has 0 aliphatic heterocycles. The second kappa shape index (κ2) is 5.87. The summed E-state index contributed by atoms with van der Waals surface area (Å²) in [4.78, 5) is 13.5. The summed E-state index contributed by atoms with van der Waals surface area (Å²) in [5.41, 5.74) is 2.62. The van der Waals surface area contributed by atoms with Crippen LogP contribution in [-0.4, -0.2) is 11.5 Å². The van der Waals surface area contributed by atoms with Gasteiger partial charge in [-0.25, -0.2) is 0 Å². The Hall–Kier alpha value is -1.54. The summed E-state index contributed by atoms with van der Waals surface area (Å²) in [6.07, 6.45) is 0. The van der Waals surface area contributed by atoms with E-state index < -0.39 is 0 Å². The minimum atomic E-state index is 0.0896. The van der Waals surface area contributed by atoms with Gasteiger partial charge >= 0.3 is 0 Å². The van der Waals surface area contributed by atoms with Gasteiger partial charge in [0.15, 0.2) is 5.78 Å². The van der Waals surface area contributed by atoms with Gasteiger partial charge in [-0.1, -0.05) is 30.7 Å². The van der Waals surface area contributed by atoms with E-state index in [1.54, 1.807) is 11.8 Å². The predicted octanol–water partition coefficient (Wildman–Crippen LogP) is 4.34. The Morgan fingerprint density at radius 3 is 2.39 bits per heavy atom. The number of aryl methyl sites for hydroxylation is 1. The zero-order chi connectivity index (χ0) is 13.0. The topological polar surface area (TPSA) is 17.1 Å². The second-order valence-corrected chi connectivity index (χ2v) is 5.49. The van der Waals surface area contributed by atoms with Crippen molar-refractivity contribution in [2.24, 2.45) is 0 Å². The van der Waals surface area contributed by atoms with Crippen LogP contribution in [0, 0.1) is 6.92 Å². The minimum Gasteiger partial charge on any atom is -0.289 e. The zero-order valence-corrected chi connectivity index (χ0v) is 11.5. The van der Waals surface area contributed by atoms with E-state index in [4.69, 9.17) is 0 Å². The zero-order valence-electron chi connectivity index (χ0n) is 10.6. The van der Waals surface area contributed by atoms with Gasteiger partial charge in [0.1, 0.15) is 0 Å². The highest BCUT2D eigenvalue weighted by molar-refractivity contribution is 7.99. The molecule has 0 spiro atoms. The van der Waals surface area contributed by atoms with Crippen LogP contribution in [0.15, 0.2) is 53.4 Å². The molecule has 1 nitrogen and oxygen atoms in total. The van der Waals surface area contributed by atoms with Crippen LogP contribution in [-0.2, 0) is 0 Å². The van der Waals surface area contributed by atoms with Crippen LogP contribution >= 0.6 is 11.8 Å². The summed E-state index contributed by atoms with van der Waals surface area (Å²) in [5, 5.41) is 0. The third-order valence-electron chi connectivity index (χ3n) is 2.71. The summed E-state index contributed by atoms with van der Waals surface area (Å²) in [5.74, 6) is 1.14. The Balaban J connectivity index is 2.23. The molecule has 0 radical (unpaired) electrons. The van der Waals surface area contributed by atoms with Gasteiger partial charge in [0.05, 0.1) is 0 Å². The standard InChI is InChI=1S/C16H16OS/c1-3-18-15-9-7-13(8-10-15)16(17)14-6-4-5-12(2)11-14/h4-11H,3H2,1-2H3. The van der Waals surface area contributed by atoms with E-state index in [-0.39, 0.29) is 5.78 Å². The molecule has 0 fully saturated rings. The fraction of sp³-hybridized carbons (Fsp3) is 0.188. The number of carbonyl (C=O) groups excluding carboxylic acids is 1. The average Bonchev–Trinajstić information content (AvgIpc) is 2.39. The quantitative estimate of drug-likeness (QED) is 0.598. The molecule has 0 bridgehead atoms. The fourth-order valence-electron chi connectivity index (χ4n) is 1.82. The van der Waals surface area contributed by atoms with E-state index in [9.17, 15) is 4.79 Å². The van der Waals surface area contributed by atoms with Crippen molar-refractivity contribution in [2.75, 3.05) is 5.75 Å². The molecule has 0 aliphatic carbocycles. The van der Waals surface area contributed by atoms with Crippen molar-refractivity contribution in [1.29, 1.82) is 0 Å². The molecular weight excluding hydrogens is 240 g/mol. The molecule has 0 heterocycles. The van der Waals surface area contributed by atoms with Gasteiger partial charge in [-0.2, -0.15) is 0 Å². The molecule has 2 heteroatoms. The van der Waals surface area contributed by atoms with E-state index in [1.165, 1.54) is 4.90 Å². The highest BCUT2D eigenvalue weighted by atomic mass is 32.2. The van der Waals surface area contributed by atoms with Gasteiger partial charge in [0.2, 0.25) is 0 Å². The maximum Gasteiger partial charge on any atom is 0.193 e. The lowest BCUT2D eigenvalue weighted by Crippen LogP contribution is -2.01. The molecule has 0 N–H and O–H groups in total. The van der Waals surface area contributed by atoms with Gasteiger partial charge in [-0.3, -0.25) is 4.79 Å². The Morgan fingerprint density at radius 1 is 1.06 bits per heavy atom. The molecule has 2 aromatic rings. The molecule has 2 rings (SSSR count). The third kappa shape index (κ3) is 3.02. The Kier molecular flexibility index (Phi) is 4.21. The normalized spacial score (nSPS) is 10.3. The number of ketones is 1. The molecule has 0 saturated heterocycles. The largest absolute Gasteiger partial charge is 0.289 e. The second-order valence-electron chi connectivity index (χ2n) is 4.16. The molecule has 2 aromatic carbocycles. The van der Waals surface area contributed by atoms with Crippen molar-refractivity contribution < 1.29 is 4.79 Å². The molecule has 0 unspecified atom stereocenters. The number of hydrogen-bond donors (Lipinski definition) is 0. The third-order valence-corrected chi connectivity index (χ3v) is 3.60. The molecule has 18 heavy (non-hydrogen) atoms. The van der Waals surface area contributed by atoms with Gasteiger partial charge in [0, 0.05) is 16.0 Å². The van der Waals surface area contributed by atoms with Crippen LogP contribution in [0.2, 0.25) is 0 Å². The van der Waals surface area contributed by atoms with Crippen LogP contribution in [0.4, 0.5) is 0 Å². The molecule has 0 saturated carbocycles. The summed E-state index contributed by atoms with van der Waals surface area (Å²) in [6.45, 7) is 4.12. The highest BCUT2D eigenvalue weighted by Gasteiger charge is 2.08. The molecule has 0 aromatic heterocycles. The lowest BCUT2D eigenvalue weighted by Gasteiger charge is -2.04. The summed E-state index contributed by atoms with van der Waals surface area (Å²) < 4.78 is 0. The smallest absolute Gasteiger partial charge is 0.193 e. The van der Waals surface area contributed by atoms with Gasteiger partial charge < -0.3 is 0 Å². The van der Waals surface area contributed by atoms with E-state index in [0.717, 1.165) is 22.4 Å². The molecule has 0 aliphatic rings. The van der Waals surface area contributed by atoms with Gasteiger partial charge in [0.25, 0.3) is 0 Å². The Labute approximate surface area is 112 Å². The Bertz CT molecular complexity index is 543. The SMILES string of the molecule is CCSc1ccc(C(=O)c2cccc(C)c2)cc1. The van der Waals surface area contributed by atoms with E-state index in [1.807, 2.05) is 55.5 Å². The van der Waals surface area contributed by atoms with Crippen molar-refractivity contribution in [3.63, 3.8) is 0 Å². The number of hydrogen-bond acceptors (Lipinski definition) is 2. The van der Waals surface area contributed by atoms with Crippen molar-refractivity contribution >= 4 is 17.5 Å². The predicted molar refractivity (Wildman–Crippen MR) is 77.5 cm³/mol. The molecule has 0 atom stereocenters. The number of benzene rings is 2. The van der Waals surface area contributed by atoms with Crippen LogP contribution in [0.1, 0.15) is 28.4 Å². The molecule has 0 amide bonds. The number of thioether (sulfide) groups is 1. The lowest BCUT2D eigenvalue weighted by molar-refractivity contribution is 0.103. The van der Waals surface area contributed by atoms with Crippen molar-refractivity contribution in [3.8, 4) is 0 Å². The van der Waals surface area contributed by atoms with Crippen LogP contribution in [0.3, 0.4) is 0 Å². The first-order chi connectivity index (χ1) is 8.70. The van der Waals surface area contributed by atoms with Crippen LogP contribution < -0.4 is 0 Å². The van der Waals surface area contributed by atoms with Crippen molar-refractivity contribution in [1.82, 2.24) is 0 Å². The highest BCUT2D eigenvalue weighted by Crippen LogP contribution is 2.19. The minimum absolute atomic E-state index is 0.0896. The first-order valence-corrected chi connectivity index (χ1v) is 7.03. The van der Waals surface area contributed by atoms with Gasteiger partial charge in [-0.15, -0.1) is 11.8 Å². The van der Waals surface area contributed by atoms with Crippen LogP contribution in [0.5, 0.6) is 0 Å². The van der Waals surface area contributed by atoms with Crippen LogP contribution in [0.25, 0.3) is 0 Å². The maximum absolute atomic E-state index is 12.3. The van der Waals surface area contributed by atoms with Crippen molar-refractivity contribution in [3.05, 3.63) is 65.2 Å². The summed E-state index contributed by atoms with van der Waals surface area (Å²) in [7, 11) is 0. The number of rotatable bonds is 4. The first-order valence-electron chi connectivity index (χ1n) is 6.05. The Morgan fingerprint density at radius 2 is 1.78 bits per heavy atom. The first kappa shape index (κ1) is 12.9. The van der Waals surface area contributed by atoms with E-state index in [2.05, 4.69) is 6.92 Å².